The van der Waals surface area contributed by atoms with E-state index in [4.69, 9.17) is 5.11 Å². The molecular weight excluding hydrogens is 336 g/mol. The molecule has 0 aliphatic heterocycles. The standard InChI is InChI=1S/C15H15BrN2O3/c1-9(14(19)20)18(2)15(21)17-13-6-4-10-7-12(16)5-3-11(10)8-13/h3-9H,1-2H3,(H,17,21)(H,19,20). The molecule has 0 radical (unpaired) electrons. The molecule has 2 amide bonds. The van der Waals surface area contributed by atoms with Crippen LogP contribution in [0.3, 0.4) is 0 Å². The molecular formula is C15H15BrN2O3. The van der Waals surface area contributed by atoms with Gasteiger partial charge in [0.1, 0.15) is 6.04 Å². The summed E-state index contributed by atoms with van der Waals surface area (Å²) in [6, 6.07) is 10.0. The number of aliphatic carboxylic acids is 1. The third kappa shape index (κ3) is 3.52. The van der Waals surface area contributed by atoms with Crippen LogP contribution in [0.2, 0.25) is 0 Å². The number of anilines is 1. The van der Waals surface area contributed by atoms with Gasteiger partial charge in [-0.3, -0.25) is 0 Å². The largest absolute Gasteiger partial charge is 0.480 e. The highest BCUT2D eigenvalue weighted by Crippen LogP contribution is 2.23. The van der Waals surface area contributed by atoms with Crippen molar-refractivity contribution in [2.45, 2.75) is 13.0 Å². The van der Waals surface area contributed by atoms with E-state index in [0.717, 1.165) is 20.1 Å². The molecule has 0 spiro atoms. The molecule has 21 heavy (non-hydrogen) atoms. The first-order valence-corrected chi connectivity index (χ1v) is 7.13. The minimum Gasteiger partial charge on any atom is -0.480 e. The number of hydrogen-bond acceptors (Lipinski definition) is 2. The minimum atomic E-state index is -1.05. The van der Waals surface area contributed by atoms with Crippen LogP contribution in [0.25, 0.3) is 10.8 Å². The molecule has 0 bridgehead atoms. The number of nitrogens with zero attached hydrogens (tertiary/aromatic N) is 1. The second-order valence-electron chi connectivity index (χ2n) is 4.76. The number of carboxylic acids is 1. The number of carboxylic acid groups (broad SMARTS) is 1. The van der Waals surface area contributed by atoms with Gasteiger partial charge in [0.25, 0.3) is 0 Å². The van der Waals surface area contributed by atoms with Gasteiger partial charge in [-0.15, -0.1) is 0 Å². The summed E-state index contributed by atoms with van der Waals surface area (Å²) in [7, 11) is 1.45. The first-order chi connectivity index (χ1) is 9.88. The van der Waals surface area contributed by atoms with Crippen LogP contribution >= 0.6 is 15.9 Å². The molecule has 2 aromatic carbocycles. The number of amides is 2. The molecule has 2 rings (SSSR count). The van der Waals surface area contributed by atoms with Crippen molar-refractivity contribution in [2.75, 3.05) is 12.4 Å². The van der Waals surface area contributed by atoms with Gasteiger partial charge in [0.2, 0.25) is 0 Å². The Morgan fingerprint density at radius 1 is 1.19 bits per heavy atom. The van der Waals surface area contributed by atoms with Gasteiger partial charge < -0.3 is 15.3 Å². The lowest BCUT2D eigenvalue weighted by atomic mass is 10.1. The van der Waals surface area contributed by atoms with Gasteiger partial charge >= 0.3 is 12.0 Å². The predicted octanol–water partition coefficient (Wildman–Crippen LogP) is 3.54. The Kier molecular flexibility index (Phi) is 4.47. The van der Waals surface area contributed by atoms with E-state index in [1.165, 1.54) is 14.0 Å². The van der Waals surface area contributed by atoms with Gasteiger partial charge in [0.05, 0.1) is 0 Å². The van der Waals surface area contributed by atoms with Gasteiger partial charge in [-0.1, -0.05) is 28.1 Å². The average molecular weight is 351 g/mol. The molecule has 110 valence electrons. The number of urea groups is 1. The molecule has 0 aliphatic carbocycles. The minimum absolute atomic E-state index is 0.457. The van der Waals surface area contributed by atoms with Gasteiger partial charge in [0, 0.05) is 17.2 Å². The van der Waals surface area contributed by atoms with E-state index in [2.05, 4.69) is 21.2 Å². The fourth-order valence-electron chi connectivity index (χ4n) is 1.85. The summed E-state index contributed by atoms with van der Waals surface area (Å²) in [5.41, 5.74) is 0.624. The normalized spacial score (nSPS) is 12.0. The molecule has 5 nitrogen and oxygen atoms in total. The SMILES string of the molecule is CC(C(=O)O)N(C)C(=O)Nc1ccc2cc(Br)ccc2c1. The number of rotatable bonds is 3. The number of nitrogens with one attached hydrogen (secondary N) is 1. The Labute approximate surface area is 130 Å². The molecule has 0 heterocycles. The lowest BCUT2D eigenvalue weighted by Crippen LogP contribution is -2.42. The molecule has 0 saturated carbocycles. The van der Waals surface area contributed by atoms with Crippen LogP contribution in [0.1, 0.15) is 6.92 Å². The number of halogens is 1. The molecule has 0 aromatic heterocycles. The van der Waals surface area contributed by atoms with E-state index < -0.39 is 18.0 Å². The third-order valence-corrected chi connectivity index (χ3v) is 3.81. The molecule has 1 unspecified atom stereocenters. The fraction of sp³-hybridized carbons (Fsp3) is 0.200. The summed E-state index contributed by atoms with van der Waals surface area (Å²) in [4.78, 5) is 24.0. The Bertz CT molecular complexity index is 702. The van der Waals surface area contributed by atoms with Gasteiger partial charge in [-0.05, 0) is 42.0 Å². The average Bonchev–Trinajstić information content (AvgIpc) is 2.45. The summed E-state index contributed by atoms with van der Waals surface area (Å²) in [5.74, 6) is -1.05. The topological polar surface area (TPSA) is 69.6 Å². The monoisotopic (exact) mass is 350 g/mol. The highest BCUT2D eigenvalue weighted by molar-refractivity contribution is 9.10. The number of likely N-dealkylation sites (N-methyl/N-ethyl adjacent to an activating group) is 1. The molecule has 0 fully saturated rings. The Hall–Kier alpha value is -2.08. The van der Waals surface area contributed by atoms with Crippen molar-refractivity contribution in [1.29, 1.82) is 0 Å². The van der Waals surface area contributed by atoms with Crippen LogP contribution in [0.5, 0.6) is 0 Å². The molecule has 2 N–H and O–H groups in total. The lowest BCUT2D eigenvalue weighted by Gasteiger charge is -2.21. The van der Waals surface area contributed by atoms with Crippen molar-refractivity contribution in [1.82, 2.24) is 4.90 Å². The smallest absolute Gasteiger partial charge is 0.326 e. The van der Waals surface area contributed by atoms with Crippen molar-refractivity contribution in [3.05, 3.63) is 40.9 Å². The zero-order valence-corrected chi connectivity index (χ0v) is 13.2. The van der Waals surface area contributed by atoms with Crippen LogP contribution in [0.4, 0.5) is 10.5 Å². The van der Waals surface area contributed by atoms with Crippen LogP contribution in [0, 0.1) is 0 Å². The van der Waals surface area contributed by atoms with Crippen molar-refractivity contribution in [2.24, 2.45) is 0 Å². The number of carbonyl (C=O) groups is 2. The Morgan fingerprint density at radius 2 is 1.81 bits per heavy atom. The summed E-state index contributed by atoms with van der Waals surface area (Å²) >= 11 is 3.41. The molecule has 6 heteroatoms. The van der Waals surface area contributed by atoms with E-state index >= 15 is 0 Å². The summed E-state index contributed by atoms with van der Waals surface area (Å²) in [6.07, 6.45) is 0. The summed E-state index contributed by atoms with van der Waals surface area (Å²) in [6.45, 7) is 1.46. The zero-order valence-electron chi connectivity index (χ0n) is 11.6. The van der Waals surface area contributed by atoms with E-state index in [1.54, 1.807) is 6.07 Å². The van der Waals surface area contributed by atoms with E-state index in [-0.39, 0.29) is 0 Å². The second-order valence-corrected chi connectivity index (χ2v) is 5.68. The highest BCUT2D eigenvalue weighted by Gasteiger charge is 2.21. The molecule has 2 aromatic rings. The highest BCUT2D eigenvalue weighted by atomic mass is 79.9. The van der Waals surface area contributed by atoms with Crippen molar-refractivity contribution < 1.29 is 14.7 Å². The van der Waals surface area contributed by atoms with Crippen molar-refractivity contribution in [3.8, 4) is 0 Å². The van der Waals surface area contributed by atoms with Crippen LogP contribution in [0.15, 0.2) is 40.9 Å². The maximum absolute atomic E-state index is 12.0. The third-order valence-electron chi connectivity index (χ3n) is 3.31. The number of fused-ring (bicyclic) bond motifs is 1. The molecule has 0 aliphatic rings. The summed E-state index contributed by atoms with van der Waals surface area (Å²) in [5, 5.41) is 13.6. The van der Waals surface area contributed by atoms with E-state index in [1.807, 2.05) is 30.3 Å². The van der Waals surface area contributed by atoms with Crippen LogP contribution in [-0.2, 0) is 4.79 Å². The molecule has 0 saturated heterocycles. The predicted molar refractivity (Wildman–Crippen MR) is 85.5 cm³/mol. The molecule has 1 atom stereocenters. The summed E-state index contributed by atoms with van der Waals surface area (Å²) < 4.78 is 0.988. The Balaban J connectivity index is 2.18. The van der Waals surface area contributed by atoms with E-state index in [9.17, 15) is 9.59 Å². The number of benzene rings is 2. The van der Waals surface area contributed by atoms with E-state index in [0.29, 0.717) is 5.69 Å². The first-order valence-electron chi connectivity index (χ1n) is 6.34. The number of carbonyl (C=O) groups excluding carboxylic acids is 1. The lowest BCUT2D eigenvalue weighted by molar-refractivity contribution is -0.141. The maximum Gasteiger partial charge on any atom is 0.326 e. The number of hydrogen-bond donors (Lipinski definition) is 2. The van der Waals surface area contributed by atoms with Gasteiger partial charge in [0.15, 0.2) is 0 Å². The second kappa shape index (κ2) is 6.13. The maximum atomic E-state index is 12.0. The zero-order chi connectivity index (χ0) is 15.6. The quantitative estimate of drug-likeness (QED) is 0.889. The van der Waals surface area contributed by atoms with Crippen LogP contribution in [-0.4, -0.2) is 35.1 Å². The first kappa shape index (κ1) is 15.3. The van der Waals surface area contributed by atoms with Crippen molar-refractivity contribution in [3.63, 3.8) is 0 Å². The van der Waals surface area contributed by atoms with Gasteiger partial charge in [-0.2, -0.15) is 0 Å². The fourth-order valence-corrected chi connectivity index (χ4v) is 2.23. The van der Waals surface area contributed by atoms with Crippen LogP contribution < -0.4 is 5.32 Å². The van der Waals surface area contributed by atoms with Gasteiger partial charge in [-0.25, -0.2) is 9.59 Å². The van der Waals surface area contributed by atoms with Crippen molar-refractivity contribution >= 4 is 44.4 Å². The Morgan fingerprint density at radius 3 is 2.48 bits per heavy atom.